The van der Waals surface area contributed by atoms with Crippen molar-refractivity contribution in [3.63, 3.8) is 0 Å². The Morgan fingerprint density at radius 3 is 2.00 bits per heavy atom. The van der Waals surface area contributed by atoms with Crippen molar-refractivity contribution >= 4 is 17.8 Å². The third kappa shape index (κ3) is 6.47. The van der Waals surface area contributed by atoms with Gasteiger partial charge in [-0.15, -0.1) is 0 Å². The summed E-state index contributed by atoms with van der Waals surface area (Å²) in [7, 11) is -7.26. The second kappa shape index (κ2) is 5.79. The molecule has 0 atom stereocenters. The van der Waals surface area contributed by atoms with Gasteiger partial charge in [0.15, 0.2) is 0 Å². The minimum Gasteiger partial charge on any atom is -0.308 e. The molecule has 0 saturated carbocycles. The normalized spacial score (nSPS) is 13.1. The molecule has 0 rings (SSSR count). The summed E-state index contributed by atoms with van der Waals surface area (Å²) in [5.41, 5.74) is 0. The third-order valence-electron chi connectivity index (χ3n) is 1.11. The third-order valence-corrected chi connectivity index (χ3v) is 3.72. The van der Waals surface area contributed by atoms with Crippen molar-refractivity contribution in [1.82, 2.24) is 4.72 Å². The lowest BCUT2D eigenvalue weighted by molar-refractivity contribution is 0.219. The molecule has 0 spiro atoms. The SMILES string of the molecule is CCOP(=O)(CNS(N)(=O)=O)OCC. The minimum absolute atomic E-state index is 0.170. The first kappa shape index (κ1) is 14.0. The van der Waals surface area contributed by atoms with Crippen LogP contribution in [0.1, 0.15) is 13.8 Å². The Balaban J connectivity index is 4.30. The second-order valence-corrected chi connectivity index (χ2v) is 5.73. The lowest BCUT2D eigenvalue weighted by atomic mass is 10.9. The molecule has 0 radical (unpaired) electrons. The van der Waals surface area contributed by atoms with E-state index in [1.165, 1.54) is 0 Å². The van der Waals surface area contributed by atoms with Crippen LogP contribution in [0.3, 0.4) is 0 Å². The first-order valence-electron chi connectivity index (χ1n) is 3.98. The van der Waals surface area contributed by atoms with E-state index in [-0.39, 0.29) is 13.2 Å². The molecular formula is C5H15N2O5PS. The molecule has 0 aliphatic heterocycles. The summed E-state index contributed by atoms with van der Waals surface area (Å²) >= 11 is 0. The smallest absolute Gasteiger partial charge is 0.308 e. The molecule has 86 valence electrons. The zero-order valence-electron chi connectivity index (χ0n) is 8.10. The Morgan fingerprint density at radius 1 is 1.29 bits per heavy atom. The summed E-state index contributed by atoms with van der Waals surface area (Å²) in [5, 5.41) is 4.66. The maximum absolute atomic E-state index is 11.6. The van der Waals surface area contributed by atoms with Crippen molar-refractivity contribution in [2.24, 2.45) is 5.14 Å². The van der Waals surface area contributed by atoms with E-state index in [0.29, 0.717) is 0 Å². The molecule has 0 aromatic rings. The maximum atomic E-state index is 11.6. The van der Waals surface area contributed by atoms with E-state index in [1.54, 1.807) is 13.8 Å². The van der Waals surface area contributed by atoms with Gasteiger partial charge >= 0.3 is 7.60 Å². The van der Waals surface area contributed by atoms with Gasteiger partial charge in [-0.2, -0.15) is 13.1 Å². The highest BCUT2D eigenvalue weighted by molar-refractivity contribution is 7.87. The average molecular weight is 246 g/mol. The lowest BCUT2D eigenvalue weighted by Gasteiger charge is -2.16. The van der Waals surface area contributed by atoms with Gasteiger partial charge in [0, 0.05) is 0 Å². The summed E-state index contributed by atoms with van der Waals surface area (Å²) in [6, 6.07) is 0. The molecule has 0 unspecified atom stereocenters. The van der Waals surface area contributed by atoms with E-state index < -0.39 is 24.1 Å². The summed E-state index contributed by atoms with van der Waals surface area (Å²) in [6.45, 7) is 3.60. The minimum atomic E-state index is -3.88. The molecule has 7 nitrogen and oxygen atoms in total. The van der Waals surface area contributed by atoms with Gasteiger partial charge in [0.1, 0.15) is 6.29 Å². The second-order valence-electron chi connectivity index (χ2n) is 2.29. The summed E-state index contributed by atoms with van der Waals surface area (Å²) < 4.78 is 44.2. The van der Waals surface area contributed by atoms with Gasteiger partial charge in [-0.3, -0.25) is 4.57 Å². The van der Waals surface area contributed by atoms with Crippen molar-refractivity contribution < 1.29 is 22.0 Å². The predicted octanol–water partition coefficient (Wildman–Crippen LogP) is 0.00310. The Hall–Kier alpha value is 0.0200. The summed E-state index contributed by atoms with van der Waals surface area (Å²) in [4.78, 5) is 0. The van der Waals surface area contributed by atoms with Gasteiger partial charge in [0.2, 0.25) is 0 Å². The van der Waals surface area contributed by atoms with E-state index in [4.69, 9.17) is 9.05 Å². The number of hydrogen-bond acceptors (Lipinski definition) is 5. The fraction of sp³-hybridized carbons (Fsp3) is 1.00. The molecule has 0 heterocycles. The summed E-state index contributed by atoms with van der Waals surface area (Å²) in [6.07, 6.45) is -0.451. The van der Waals surface area contributed by atoms with E-state index in [1.807, 2.05) is 4.72 Å². The van der Waals surface area contributed by atoms with Crippen molar-refractivity contribution in [2.75, 3.05) is 19.5 Å². The largest absolute Gasteiger partial charge is 0.345 e. The van der Waals surface area contributed by atoms with Crippen LogP contribution in [0.15, 0.2) is 0 Å². The molecular weight excluding hydrogens is 231 g/mol. The molecule has 0 amide bonds. The Kier molecular flexibility index (Phi) is 5.80. The van der Waals surface area contributed by atoms with Crippen LogP contribution in [0, 0.1) is 0 Å². The Morgan fingerprint density at radius 2 is 1.71 bits per heavy atom. The van der Waals surface area contributed by atoms with Crippen molar-refractivity contribution in [3.8, 4) is 0 Å². The molecule has 0 saturated heterocycles. The standard InChI is InChI=1S/C5H15N2O5PS/c1-3-11-13(8,12-4-2)5-7-14(6,9)10/h7H,3-5H2,1-2H3,(H2,6,9,10). The van der Waals surface area contributed by atoms with Crippen LogP contribution in [0.2, 0.25) is 0 Å². The van der Waals surface area contributed by atoms with Crippen molar-refractivity contribution in [2.45, 2.75) is 13.8 Å². The molecule has 0 aliphatic rings. The van der Waals surface area contributed by atoms with E-state index >= 15 is 0 Å². The number of nitrogens with two attached hydrogens (primary N) is 1. The van der Waals surface area contributed by atoms with Gasteiger partial charge in [0.05, 0.1) is 13.2 Å². The molecule has 0 aromatic heterocycles. The number of nitrogens with one attached hydrogen (secondary N) is 1. The van der Waals surface area contributed by atoms with Crippen LogP contribution in [0.5, 0.6) is 0 Å². The van der Waals surface area contributed by atoms with Crippen LogP contribution in [-0.2, 0) is 23.8 Å². The van der Waals surface area contributed by atoms with E-state index in [0.717, 1.165) is 0 Å². The Bertz CT molecular complexity index is 293. The van der Waals surface area contributed by atoms with Gasteiger partial charge in [-0.1, -0.05) is 0 Å². The predicted molar refractivity (Wildman–Crippen MR) is 52.0 cm³/mol. The van der Waals surface area contributed by atoms with Crippen LogP contribution in [0.4, 0.5) is 0 Å². The van der Waals surface area contributed by atoms with Crippen LogP contribution in [0.25, 0.3) is 0 Å². The maximum Gasteiger partial charge on any atom is 0.345 e. The van der Waals surface area contributed by atoms with E-state index in [9.17, 15) is 13.0 Å². The highest BCUT2D eigenvalue weighted by atomic mass is 32.2. The lowest BCUT2D eigenvalue weighted by Crippen LogP contribution is -2.32. The molecule has 9 heteroatoms. The number of hydrogen-bond donors (Lipinski definition) is 2. The zero-order chi connectivity index (χ0) is 11.2. The van der Waals surface area contributed by atoms with E-state index in [2.05, 4.69) is 5.14 Å². The van der Waals surface area contributed by atoms with Crippen LogP contribution >= 0.6 is 7.60 Å². The topological polar surface area (TPSA) is 108 Å². The molecule has 0 aromatic carbocycles. The molecule has 0 bridgehead atoms. The fourth-order valence-electron chi connectivity index (χ4n) is 0.691. The van der Waals surface area contributed by atoms with Crippen molar-refractivity contribution in [1.29, 1.82) is 0 Å². The highest BCUT2D eigenvalue weighted by Gasteiger charge is 2.24. The summed E-state index contributed by atoms with van der Waals surface area (Å²) in [5.74, 6) is 0. The fourth-order valence-corrected chi connectivity index (χ4v) is 3.09. The average Bonchev–Trinajstić information content (AvgIpc) is 2.01. The van der Waals surface area contributed by atoms with Gasteiger partial charge in [-0.05, 0) is 13.8 Å². The first-order valence-corrected chi connectivity index (χ1v) is 7.26. The van der Waals surface area contributed by atoms with Crippen LogP contribution in [-0.4, -0.2) is 27.9 Å². The number of rotatable bonds is 7. The monoisotopic (exact) mass is 246 g/mol. The highest BCUT2D eigenvalue weighted by Crippen LogP contribution is 2.46. The molecule has 14 heavy (non-hydrogen) atoms. The first-order chi connectivity index (χ1) is 6.33. The molecule has 0 fully saturated rings. The molecule has 0 aliphatic carbocycles. The van der Waals surface area contributed by atoms with Gasteiger partial charge < -0.3 is 9.05 Å². The van der Waals surface area contributed by atoms with Gasteiger partial charge in [-0.25, -0.2) is 5.14 Å². The quantitative estimate of drug-likeness (QED) is 0.615. The van der Waals surface area contributed by atoms with Gasteiger partial charge in [0.25, 0.3) is 10.2 Å². The van der Waals surface area contributed by atoms with Crippen molar-refractivity contribution in [3.05, 3.63) is 0 Å². The Labute approximate surface area is 83.7 Å². The molecule has 3 N–H and O–H groups in total. The zero-order valence-corrected chi connectivity index (χ0v) is 9.81. The van der Waals surface area contributed by atoms with Crippen LogP contribution < -0.4 is 9.86 Å².